The summed E-state index contributed by atoms with van der Waals surface area (Å²) in [6.07, 6.45) is 1.79. The summed E-state index contributed by atoms with van der Waals surface area (Å²) in [4.78, 5) is 0. The van der Waals surface area contributed by atoms with E-state index in [1.807, 2.05) is 72.8 Å². The van der Waals surface area contributed by atoms with Crippen LogP contribution in [0.1, 0.15) is 5.56 Å². The van der Waals surface area contributed by atoms with Gasteiger partial charge in [-0.25, -0.2) is 0 Å². The molecule has 0 unspecified atom stereocenters. The zero-order valence-corrected chi connectivity index (χ0v) is 12.7. The van der Waals surface area contributed by atoms with Crippen molar-refractivity contribution in [3.63, 3.8) is 0 Å². The quantitative estimate of drug-likeness (QED) is 0.466. The van der Waals surface area contributed by atoms with E-state index in [0.717, 1.165) is 33.8 Å². The van der Waals surface area contributed by atoms with Gasteiger partial charge in [0.05, 0.1) is 11.4 Å². The fourth-order valence-corrected chi connectivity index (χ4v) is 2.30. The molecule has 0 saturated carbocycles. The van der Waals surface area contributed by atoms with E-state index in [-0.39, 0.29) is 0 Å². The van der Waals surface area contributed by atoms with Crippen molar-refractivity contribution in [1.82, 2.24) is 0 Å². The number of hydrogen-bond acceptors (Lipinski definition) is 3. The van der Waals surface area contributed by atoms with Crippen LogP contribution in [-0.2, 0) is 0 Å². The molecule has 0 bridgehead atoms. The summed E-state index contributed by atoms with van der Waals surface area (Å²) < 4.78 is 0. The third-order valence-electron chi connectivity index (χ3n) is 3.51. The van der Waals surface area contributed by atoms with Crippen molar-refractivity contribution in [3.05, 3.63) is 84.9 Å². The van der Waals surface area contributed by atoms with Gasteiger partial charge >= 0.3 is 0 Å². The van der Waals surface area contributed by atoms with Gasteiger partial charge in [0, 0.05) is 11.3 Å². The van der Waals surface area contributed by atoms with Crippen LogP contribution in [0, 0.1) is 0 Å². The molecular weight excluding hydrogens is 282 g/mol. The van der Waals surface area contributed by atoms with E-state index in [1.54, 1.807) is 6.08 Å². The third-order valence-corrected chi connectivity index (χ3v) is 3.51. The highest BCUT2D eigenvalue weighted by Gasteiger charge is 2.03. The van der Waals surface area contributed by atoms with Crippen molar-refractivity contribution in [3.8, 4) is 11.1 Å². The standard InChI is InChI=1S/C20H17N3/c1-2-15-7-6-10-17(13-15)22-23-18-11-12-20(21)19(14-18)16-8-4-3-5-9-16/h2-14H,1,21H2/b23-22+. The topological polar surface area (TPSA) is 50.7 Å². The monoisotopic (exact) mass is 299 g/mol. The van der Waals surface area contributed by atoms with Gasteiger partial charge in [0.15, 0.2) is 0 Å². The number of nitrogens with two attached hydrogens (primary N) is 1. The molecule has 0 aliphatic heterocycles. The molecule has 0 atom stereocenters. The van der Waals surface area contributed by atoms with E-state index >= 15 is 0 Å². The molecule has 0 fully saturated rings. The normalized spacial score (nSPS) is 10.8. The van der Waals surface area contributed by atoms with Crippen LogP contribution < -0.4 is 5.73 Å². The minimum absolute atomic E-state index is 0.726. The summed E-state index contributed by atoms with van der Waals surface area (Å²) in [6.45, 7) is 3.76. The van der Waals surface area contributed by atoms with Crippen molar-refractivity contribution < 1.29 is 0 Å². The molecule has 0 saturated heterocycles. The minimum atomic E-state index is 0.726. The predicted octanol–water partition coefficient (Wildman–Crippen LogP) is 5.99. The van der Waals surface area contributed by atoms with Crippen LogP contribution in [0.2, 0.25) is 0 Å². The Bertz CT molecular complexity index is 852. The molecule has 0 aliphatic rings. The molecule has 3 aromatic carbocycles. The van der Waals surface area contributed by atoms with Gasteiger partial charge in [0.2, 0.25) is 0 Å². The number of anilines is 1. The highest BCUT2D eigenvalue weighted by molar-refractivity contribution is 5.78. The average Bonchev–Trinajstić information content (AvgIpc) is 2.62. The van der Waals surface area contributed by atoms with E-state index in [1.165, 1.54) is 0 Å². The minimum Gasteiger partial charge on any atom is -0.398 e. The molecule has 0 radical (unpaired) electrons. The molecule has 0 aliphatic carbocycles. The maximum atomic E-state index is 6.08. The van der Waals surface area contributed by atoms with E-state index in [9.17, 15) is 0 Å². The second kappa shape index (κ2) is 6.71. The Morgan fingerprint density at radius 1 is 0.783 bits per heavy atom. The van der Waals surface area contributed by atoms with Crippen LogP contribution in [0.25, 0.3) is 17.2 Å². The van der Waals surface area contributed by atoms with Crippen LogP contribution in [0.4, 0.5) is 17.1 Å². The fraction of sp³-hybridized carbons (Fsp3) is 0. The molecule has 2 N–H and O–H groups in total. The molecule has 23 heavy (non-hydrogen) atoms. The fourth-order valence-electron chi connectivity index (χ4n) is 2.30. The predicted molar refractivity (Wildman–Crippen MR) is 97.0 cm³/mol. The lowest BCUT2D eigenvalue weighted by atomic mass is 10.0. The molecule has 112 valence electrons. The van der Waals surface area contributed by atoms with Gasteiger partial charge in [0.1, 0.15) is 0 Å². The van der Waals surface area contributed by atoms with Crippen LogP contribution in [0.5, 0.6) is 0 Å². The summed E-state index contributed by atoms with van der Waals surface area (Å²) in [5.74, 6) is 0. The first-order valence-corrected chi connectivity index (χ1v) is 7.35. The molecular formula is C20H17N3. The number of benzene rings is 3. The molecule has 0 spiro atoms. The second-order valence-electron chi connectivity index (χ2n) is 5.14. The van der Waals surface area contributed by atoms with Gasteiger partial charge in [-0.15, -0.1) is 0 Å². The maximum Gasteiger partial charge on any atom is 0.0864 e. The zero-order chi connectivity index (χ0) is 16.1. The Hall–Kier alpha value is -3.20. The van der Waals surface area contributed by atoms with Gasteiger partial charge in [-0.1, -0.05) is 55.1 Å². The lowest BCUT2D eigenvalue weighted by Crippen LogP contribution is -1.89. The van der Waals surface area contributed by atoms with Crippen molar-refractivity contribution in [2.75, 3.05) is 5.73 Å². The van der Waals surface area contributed by atoms with E-state index < -0.39 is 0 Å². The summed E-state index contributed by atoms with van der Waals surface area (Å²) in [5.41, 5.74) is 11.4. The Labute approximate surface area is 135 Å². The van der Waals surface area contributed by atoms with Gasteiger partial charge in [-0.2, -0.15) is 10.2 Å². The summed E-state index contributed by atoms with van der Waals surface area (Å²) in [6, 6.07) is 23.4. The maximum absolute atomic E-state index is 6.08. The summed E-state index contributed by atoms with van der Waals surface area (Å²) in [5, 5.41) is 8.60. The molecule has 3 rings (SSSR count). The lowest BCUT2D eigenvalue weighted by Gasteiger charge is -2.06. The molecule has 0 amide bonds. The van der Waals surface area contributed by atoms with Crippen LogP contribution in [0.3, 0.4) is 0 Å². The third kappa shape index (κ3) is 3.52. The van der Waals surface area contributed by atoms with Crippen molar-refractivity contribution >= 4 is 23.1 Å². The van der Waals surface area contributed by atoms with Gasteiger partial charge in [-0.05, 0) is 41.5 Å². The van der Waals surface area contributed by atoms with Gasteiger partial charge < -0.3 is 5.73 Å². The smallest absolute Gasteiger partial charge is 0.0864 e. The molecule has 3 nitrogen and oxygen atoms in total. The first-order chi connectivity index (χ1) is 11.3. The van der Waals surface area contributed by atoms with E-state index in [2.05, 4.69) is 16.8 Å². The van der Waals surface area contributed by atoms with E-state index in [0.29, 0.717) is 0 Å². The Kier molecular flexibility index (Phi) is 4.29. The number of azo groups is 1. The highest BCUT2D eigenvalue weighted by atomic mass is 15.1. The number of hydrogen-bond donors (Lipinski definition) is 1. The zero-order valence-electron chi connectivity index (χ0n) is 12.7. The largest absolute Gasteiger partial charge is 0.398 e. The number of rotatable bonds is 4. The molecule has 3 heteroatoms. The number of nitrogens with zero attached hydrogens (tertiary/aromatic N) is 2. The van der Waals surface area contributed by atoms with Crippen molar-refractivity contribution in [2.45, 2.75) is 0 Å². The Balaban J connectivity index is 1.92. The molecule has 0 heterocycles. The highest BCUT2D eigenvalue weighted by Crippen LogP contribution is 2.30. The van der Waals surface area contributed by atoms with Gasteiger partial charge in [-0.3, -0.25) is 0 Å². The summed E-state index contributed by atoms with van der Waals surface area (Å²) >= 11 is 0. The van der Waals surface area contributed by atoms with Crippen LogP contribution >= 0.6 is 0 Å². The average molecular weight is 299 g/mol. The van der Waals surface area contributed by atoms with Crippen molar-refractivity contribution in [2.24, 2.45) is 10.2 Å². The first kappa shape index (κ1) is 14.7. The van der Waals surface area contributed by atoms with Crippen LogP contribution in [0.15, 0.2) is 89.6 Å². The Morgan fingerprint density at radius 2 is 1.52 bits per heavy atom. The molecule has 3 aromatic rings. The summed E-state index contributed by atoms with van der Waals surface area (Å²) in [7, 11) is 0. The first-order valence-electron chi connectivity index (χ1n) is 7.35. The van der Waals surface area contributed by atoms with Gasteiger partial charge in [0.25, 0.3) is 0 Å². The second-order valence-corrected chi connectivity index (χ2v) is 5.14. The Morgan fingerprint density at radius 3 is 2.26 bits per heavy atom. The molecule has 0 aromatic heterocycles. The van der Waals surface area contributed by atoms with E-state index in [4.69, 9.17) is 5.73 Å². The number of nitrogen functional groups attached to an aromatic ring is 1. The van der Waals surface area contributed by atoms with Crippen molar-refractivity contribution in [1.29, 1.82) is 0 Å². The van der Waals surface area contributed by atoms with Crippen LogP contribution in [-0.4, -0.2) is 0 Å². The SMILES string of the molecule is C=Cc1cccc(/N=N/c2ccc(N)c(-c3ccccc3)c2)c1. The lowest BCUT2D eigenvalue weighted by molar-refractivity contribution is 1.23.